The van der Waals surface area contributed by atoms with Gasteiger partial charge < -0.3 is 14.8 Å². The first-order valence-corrected chi connectivity index (χ1v) is 14.0. The molecule has 2 aromatic rings. The van der Waals surface area contributed by atoms with Gasteiger partial charge in [0.25, 0.3) is 0 Å². The number of sulfonamides is 2. The molecule has 0 saturated carbocycles. The maximum absolute atomic E-state index is 13.0. The SMILES string of the molecule is CCc1ccc(N(CC(=O)Nc2cc(S(=O)(=O)N3CCOCC3)ccc2OC)S(C)(=O)=O)cc1. The lowest BCUT2D eigenvalue weighted by atomic mass is 10.1. The van der Waals surface area contributed by atoms with Crippen molar-refractivity contribution in [2.45, 2.75) is 18.2 Å². The van der Waals surface area contributed by atoms with Crippen LogP contribution in [0.25, 0.3) is 0 Å². The summed E-state index contributed by atoms with van der Waals surface area (Å²) in [5, 5.41) is 2.59. The molecule has 0 unspecified atom stereocenters. The number of hydrogen-bond donors (Lipinski definition) is 1. The summed E-state index contributed by atoms with van der Waals surface area (Å²) in [4.78, 5) is 12.8. The van der Waals surface area contributed by atoms with Crippen LogP contribution in [-0.2, 0) is 36.0 Å². The third kappa shape index (κ3) is 6.06. The second-order valence-corrected chi connectivity index (χ2v) is 11.6. The lowest BCUT2D eigenvalue weighted by Gasteiger charge is -2.26. The van der Waals surface area contributed by atoms with E-state index in [2.05, 4.69) is 5.32 Å². The third-order valence-corrected chi connectivity index (χ3v) is 8.41. The van der Waals surface area contributed by atoms with E-state index in [1.165, 1.54) is 29.6 Å². The van der Waals surface area contributed by atoms with Crippen molar-refractivity contribution in [3.8, 4) is 5.75 Å². The second kappa shape index (κ2) is 10.7. The summed E-state index contributed by atoms with van der Waals surface area (Å²) >= 11 is 0. The quantitative estimate of drug-likeness (QED) is 0.544. The van der Waals surface area contributed by atoms with Crippen LogP contribution in [-0.4, -0.2) is 73.3 Å². The average Bonchev–Trinajstić information content (AvgIpc) is 2.82. The first kappa shape index (κ1) is 25.9. The number of nitrogens with zero attached hydrogens (tertiary/aromatic N) is 2. The van der Waals surface area contributed by atoms with Gasteiger partial charge >= 0.3 is 0 Å². The van der Waals surface area contributed by atoms with E-state index in [1.807, 2.05) is 6.92 Å². The molecule has 0 atom stereocenters. The highest BCUT2D eigenvalue weighted by Gasteiger charge is 2.28. The Morgan fingerprint density at radius 2 is 1.74 bits per heavy atom. The summed E-state index contributed by atoms with van der Waals surface area (Å²) in [6, 6.07) is 11.0. The van der Waals surface area contributed by atoms with Crippen molar-refractivity contribution in [3.05, 3.63) is 48.0 Å². The van der Waals surface area contributed by atoms with Gasteiger partial charge in [0.2, 0.25) is 26.0 Å². The van der Waals surface area contributed by atoms with Gasteiger partial charge in [0.15, 0.2) is 0 Å². The Hall–Kier alpha value is -2.67. The number of ether oxygens (including phenoxy) is 2. The molecule has 3 rings (SSSR count). The van der Waals surface area contributed by atoms with Crippen molar-refractivity contribution in [2.24, 2.45) is 0 Å². The van der Waals surface area contributed by atoms with E-state index in [4.69, 9.17) is 9.47 Å². The molecule has 1 fully saturated rings. The summed E-state index contributed by atoms with van der Waals surface area (Å²) in [6.07, 6.45) is 1.81. The standard InChI is InChI=1S/C22H29N3O7S2/c1-4-17-5-7-18(8-6-17)25(33(3,27)28)16-22(26)23-20-15-19(9-10-21(20)31-2)34(29,30)24-11-13-32-14-12-24/h5-10,15H,4,11-14,16H2,1-3H3,(H,23,26). The molecular weight excluding hydrogens is 482 g/mol. The number of nitrogens with one attached hydrogen (secondary N) is 1. The Morgan fingerprint density at radius 1 is 1.09 bits per heavy atom. The summed E-state index contributed by atoms with van der Waals surface area (Å²) < 4.78 is 63.6. The number of methoxy groups -OCH3 is 1. The van der Waals surface area contributed by atoms with Gasteiger partial charge in [-0.25, -0.2) is 16.8 Å². The number of carbonyl (C=O) groups is 1. The number of amides is 1. The van der Waals surface area contributed by atoms with Gasteiger partial charge in [0.05, 0.1) is 42.8 Å². The van der Waals surface area contributed by atoms with Crippen molar-refractivity contribution in [2.75, 3.05) is 55.8 Å². The highest BCUT2D eigenvalue weighted by Crippen LogP contribution is 2.29. The van der Waals surface area contributed by atoms with Crippen molar-refractivity contribution in [3.63, 3.8) is 0 Å². The van der Waals surface area contributed by atoms with Crippen molar-refractivity contribution >= 4 is 37.3 Å². The fourth-order valence-corrected chi connectivity index (χ4v) is 5.79. The Kier molecular flexibility index (Phi) is 8.18. The molecule has 0 radical (unpaired) electrons. The predicted molar refractivity (Wildman–Crippen MR) is 129 cm³/mol. The molecule has 2 aromatic carbocycles. The lowest BCUT2D eigenvalue weighted by molar-refractivity contribution is -0.114. The zero-order valence-corrected chi connectivity index (χ0v) is 21.0. The topological polar surface area (TPSA) is 122 Å². The van der Waals surface area contributed by atoms with Crippen LogP contribution in [0.5, 0.6) is 5.75 Å². The van der Waals surface area contributed by atoms with Crippen LogP contribution in [0, 0.1) is 0 Å². The molecule has 1 N–H and O–H groups in total. The van der Waals surface area contributed by atoms with Crippen LogP contribution in [0.1, 0.15) is 12.5 Å². The first-order chi connectivity index (χ1) is 16.1. The van der Waals surface area contributed by atoms with E-state index in [1.54, 1.807) is 24.3 Å². The van der Waals surface area contributed by atoms with Crippen LogP contribution in [0.3, 0.4) is 0 Å². The van der Waals surface area contributed by atoms with Crippen LogP contribution < -0.4 is 14.4 Å². The van der Waals surface area contributed by atoms with Gasteiger partial charge in [0.1, 0.15) is 12.3 Å². The Morgan fingerprint density at radius 3 is 2.29 bits per heavy atom. The predicted octanol–water partition coefficient (Wildman–Crippen LogP) is 1.68. The fraction of sp³-hybridized carbons (Fsp3) is 0.409. The van der Waals surface area contributed by atoms with Crippen LogP contribution >= 0.6 is 0 Å². The molecule has 1 heterocycles. The molecular formula is C22H29N3O7S2. The summed E-state index contributed by atoms with van der Waals surface area (Å²) in [6.45, 7) is 2.57. The average molecular weight is 512 g/mol. The monoisotopic (exact) mass is 511 g/mol. The highest BCUT2D eigenvalue weighted by molar-refractivity contribution is 7.92. The van der Waals surface area contributed by atoms with Gasteiger partial charge in [-0.05, 0) is 42.3 Å². The van der Waals surface area contributed by atoms with Gasteiger partial charge in [-0.15, -0.1) is 0 Å². The summed E-state index contributed by atoms with van der Waals surface area (Å²) in [5.41, 5.74) is 1.51. The number of anilines is 2. The minimum atomic E-state index is -3.80. The fourth-order valence-electron chi connectivity index (χ4n) is 3.50. The van der Waals surface area contributed by atoms with Crippen molar-refractivity contribution in [1.29, 1.82) is 0 Å². The Balaban J connectivity index is 1.85. The molecule has 1 aliphatic heterocycles. The number of carbonyl (C=O) groups excluding carboxylic acids is 1. The van der Waals surface area contributed by atoms with Gasteiger partial charge in [-0.2, -0.15) is 4.31 Å². The van der Waals surface area contributed by atoms with Crippen LogP contribution in [0.4, 0.5) is 11.4 Å². The number of morpholine rings is 1. The summed E-state index contributed by atoms with van der Waals surface area (Å²) in [5.74, 6) is -0.406. The Labute approximate surface area is 200 Å². The molecule has 186 valence electrons. The van der Waals surface area contributed by atoms with E-state index in [-0.39, 0.29) is 29.4 Å². The van der Waals surface area contributed by atoms with E-state index in [0.29, 0.717) is 18.9 Å². The zero-order chi connectivity index (χ0) is 24.9. The molecule has 1 saturated heterocycles. The van der Waals surface area contributed by atoms with Gasteiger partial charge in [-0.3, -0.25) is 9.10 Å². The van der Waals surface area contributed by atoms with Gasteiger partial charge in [0, 0.05) is 13.1 Å². The number of hydrogen-bond acceptors (Lipinski definition) is 7. The van der Waals surface area contributed by atoms with Crippen molar-refractivity contribution < 1.29 is 31.1 Å². The normalized spacial score (nSPS) is 15.0. The highest BCUT2D eigenvalue weighted by atomic mass is 32.2. The van der Waals surface area contributed by atoms with Crippen LogP contribution in [0.15, 0.2) is 47.4 Å². The van der Waals surface area contributed by atoms with E-state index >= 15 is 0 Å². The molecule has 0 aromatic heterocycles. The number of benzene rings is 2. The molecule has 34 heavy (non-hydrogen) atoms. The molecule has 0 aliphatic carbocycles. The van der Waals surface area contributed by atoms with E-state index in [9.17, 15) is 21.6 Å². The smallest absolute Gasteiger partial charge is 0.245 e. The number of rotatable bonds is 9. The minimum Gasteiger partial charge on any atom is -0.495 e. The third-order valence-electron chi connectivity index (χ3n) is 5.37. The molecule has 0 spiro atoms. The lowest BCUT2D eigenvalue weighted by Crippen LogP contribution is -2.40. The van der Waals surface area contributed by atoms with Crippen molar-refractivity contribution in [1.82, 2.24) is 4.31 Å². The maximum atomic E-state index is 13.0. The maximum Gasteiger partial charge on any atom is 0.245 e. The first-order valence-electron chi connectivity index (χ1n) is 10.7. The minimum absolute atomic E-state index is 0.0133. The largest absolute Gasteiger partial charge is 0.495 e. The van der Waals surface area contributed by atoms with E-state index in [0.717, 1.165) is 22.5 Å². The molecule has 1 aliphatic rings. The molecule has 10 nitrogen and oxygen atoms in total. The molecule has 0 bridgehead atoms. The van der Waals surface area contributed by atoms with E-state index < -0.39 is 32.5 Å². The zero-order valence-electron chi connectivity index (χ0n) is 19.4. The van der Waals surface area contributed by atoms with Gasteiger partial charge in [-0.1, -0.05) is 19.1 Å². The van der Waals surface area contributed by atoms with Crippen LogP contribution in [0.2, 0.25) is 0 Å². The second-order valence-electron chi connectivity index (χ2n) is 7.72. The molecule has 12 heteroatoms. The number of aryl methyl sites for hydroxylation is 1. The molecule has 1 amide bonds. The Bertz CT molecular complexity index is 1220. The summed E-state index contributed by atoms with van der Waals surface area (Å²) in [7, 11) is -6.17.